The molecule has 3 nitrogen and oxygen atoms in total. The number of nitrogens with one attached hydrogen (secondary N) is 2. The molecule has 0 fully saturated rings. The van der Waals surface area contributed by atoms with E-state index in [0.717, 1.165) is 13.0 Å². The fourth-order valence-electron chi connectivity index (χ4n) is 0.621. The van der Waals surface area contributed by atoms with Crippen LogP contribution in [-0.2, 0) is 0 Å². The third-order valence-electron chi connectivity index (χ3n) is 1.14. The van der Waals surface area contributed by atoms with Crippen LogP contribution >= 0.6 is 12.2 Å². The molecule has 0 saturated heterocycles. The normalized spacial score (nSPS) is 9.82. The Bertz CT molecular complexity index is 114. The lowest BCUT2D eigenvalue weighted by Gasteiger charge is -2.15. The predicted octanol–water partition coefficient (Wildman–Crippen LogP) is 0.727. The third-order valence-corrected chi connectivity index (χ3v) is 1.38. The summed E-state index contributed by atoms with van der Waals surface area (Å²) >= 11 is 4.98. The number of hydrazine groups is 1. The Morgan fingerprint density at radius 3 is 2.55 bits per heavy atom. The minimum absolute atomic E-state index is 0.698. The molecule has 0 atom stereocenters. The van der Waals surface area contributed by atoms with E-state index in [2.05, 4.69) is 17.7 Å². The summed E-state index contributed by atoms with van der Waals surface area (Å²) in [5.74, 6) is 0. The van der Waals surface area contributed by atoms with Gasteiger partial charge in [0.1, 0.15) is 0 Å². The van der Waals surface area contributed by atoms with Gasteiger partial charge >= 0.3 is 0 Å². The van der Waals surface area contributed by atoms with Gasteiger partial charge in [0.05, 0.1) is 0 Å². The van der Waals surface area contributed by atoms with E-state index in [1.165, 1.54) is 6.42 Å². The minimum atomic E-state index is 0.698. The van der Waals surface area contributed by atoms with Crippen molar-refractivity contribution in [3.63, 3.8) is 0 Å². The Labute approximate surface area is 74.1 Å². The van der Waals surface area contributed by atoms with Gasteiger partial charge in [-0.2, -0.15) is 0 Å². The van der Waals surface area contributed by atoms with Crippen LogP contribution in [0.4, 0.5) is 0 Å². The molecule has 0 amide bonds. The van der Waals surface area contributed by atoms with Gasteiger partial charge in [-0.1, -0.05) is 13.3 Å². The standard InChI is InChI=1S/C7H17N3S/c1-4-5-6-8-7(11)9-10(2)3/h4-6H2,1-3H3,(H2,8,9,11). The smallest absolute Gasteiger partial charge is 0.180 e. The maximum absolute atomic E-state index is 4.98. The minimum Gasteiger partial charge on any atom is -0.362 e. The summed E-state index contributed by atoms with van der Waals surface area (Å²) in [5.41, 5.74) is 2.96. The van der Waals surface area contributed by atoms with Gasteiger partial charge in [-0.05, 0) is 18.6 Å². The monoisotopic (exact) mass is 175 g/mol. The van der Waals surface area contributed by atoms with Crippen molar-refractivity contribution in [3.8, 4) is 0 Å². The molecule has 0 aromatic heterocycles. The lowest BCUT2D eigenvalue weighted by molar-refractivity contribution is 0.359. The van der Waals surface area contributed by atoms with Crippen molar-refractivity contribution in [2.24, 2.45) is 0 Å². The Balaban J connectivity index is 3.23. The van der Waals surface area contributed by atoms with Gasteiger partial charge in [-0.15, -0.1) is 0 Å². The molecule has 0 rings (SSSR count). The number of rotatable bonds is 4. The second-order valence-corrected chi connectivity index (χ2v) is 3.02. The molecule has 0 aromatic carbocycles. The van der Waals surface area contributed by atoms with Crippen LogP contribution in [0.1, 0.15) is 19.8 Å². The Morgan fingerprint density at radius 1 is 1.45 bits per heavy atom. The Kier molecular flexibility index (Phi) is 6.16. The molecule has 0 bridgehead atoms. The summed E-state index contributed by atoms with van der Waals surface area (Å²) in [6, 6.07) is 0. The average Bonchev–Trinajstić information content (AvgIpc) is 1.86. The highest BCUT2D eigenvalue weighted by molar-refractivity contribution is 7.80. The molecule has 0 spiro atoms. The highest BCUT2D eigenvalue weighted by atomic mass is 32.1. The molecule has 66 valence electrons. The van der Waals surface area contributed by atoms with Crippen molar-refractivity contribution >= 4 is 17.3 Å². The molecule has 2 N–H and O–H groups in total. The van der Waals surface area contributed by atoms with Gasteiger partial charge in [0.15, 0.2) is 5.11 Å². The molecule has 0 heterocycles. The average molecular weight is 175 g/mol. The third kappa shape index (κ3) is 7.55. The molecule has 0 aliphatic carbocycles. The Morgan fingerprint density at radius 2 is 2.09 bits per heavy atom. The van der Waals surface area contributed by atoms with E-state index in [-0.39, 0.29) is 0 Å². The van der Waals surface area contributed by atoms with E-state index < -0.39 is 0 Å². The molecule has 0 saturated carbocycles. The quantitative estimate of drug-likeness (QED) is 0.374. The van der Waals surface area contributed by atoms with E-state index in [9.17, 15) is 0 Å². The maximum atomic E-state index is 4.98. The van der Waals surface area contributed by atoms with Crippen molar-refractivity contribution < 1.29 is 0 Å². The number of hydrogen-bond donors (Lipinski definition) is 2. The van der Waals surface area contributed by atoms with E-state index in [1.807, 2.05) is 19.1 Å². The first-order valence-electron chi connectivity index (χ1n) is 3.88. The van der Waals surface area contributed by atoms with Crippen LogP contribution in [0.25, 0.3) is 0 Å². The van der Waals surface area contributed by atoms with Crippen LogP contribution in [-0.4, -0.2) is 30.8 Å². The van der Waals surface area contributed by atoms with Crippen LogP contribution in [0, 0.1) is 0 Å². The molecule has 0 aliphatic heterocycles. The van der Waals surface area contributed by atoms with Crippen molar-refractivity contribution in [1.29, 1.82) is 0 Å². The van der Waals surface area contributed by atoms with E-state index in [0.29, 0.717) is 5.11 Å². The van der Waals surface area contributed by atoms with E-state index >= 15 is 0 Å². The summed E-state index contributed by atoms with van der Waals surface area (Å²) in [4.78, 5) is 0. The van der Waals surface area contributed by atoms with Crippen LogP contribution < -0.4 is 10.7 Å². The summed E-state index contributed by atoms with van der Waals surface area (Å²) < 4.78 is 0. The summed E-state index contributed by atoms with van der Waals surface area (Å²) in [5, 5.41) is 5.61. The number of nitrogens with zero attached hydrogens (tertiary/aromatic N) is 1. The molecule has 0 aliphatic rings. The van der Waals surface area contributed by atoms with Crippen molar-refractivity contribution in [1.82, 2.24) is 15.8 Å². The summed E-state index contributed by atoms with van der Waals surface area (Å²) in [6.07, 6.45) is 2.35. The van der Waals surface area contributed by atoms with Crippen molar-refractivity contribution in [2.75, 3.05) is 20.6 Å². The Hall–Kier alpha value is -0.350. The van der Waals surface area contributed by atoms with Gasteiger partial charge in [0.2, 0.25) is 0 Å². The van der Waals surface area contributed by atoms with Crippen LogP contribution in [0.2, 0.25) is 0 Å². The van der Waals surface area contributed by atoms with Gasteiger partial charge in [0.25, 0.3) is 0 Å². The van der Waals surface area contributed by atoms with Gasteiger partial charge in [-0.25, -0.2) is 5.01 Å². The lowest BCUT2D eigenvalue weighted by atomic mass is 10.3. The zero-order valence-corrected chi connectivity index (χ0v) is 8.29. The second-order valence-electron chi connectivity index (χ2n) is 2.62. The first-order valence-corrected chi connectivity index (χ1v) is 4.29. The van der Waals surface area contributed by atoms with Crippen LogP contribution in [0.15, 0.2) is 0 Å². The largest absolute Gasteiger partial charge is 0.362 e. The van der Waals surface area contributed by atoms with Gasteiger partial charge < -0.3 is 5.32 Å². The molecule has 4 heteroatoms. The number of hydrogen-bond acceptors (Lipinski definition) is 2. The highest BCUT2D eigenvalue weighted by Crippen LogP contribution is 1.82. The first kappa shape index (κ1) is 10.7. The zero-order valence-electron chi connectivity index (χ0n) is 7.48. The molecular weight excluding hydrogens is 158 g/mol. The first-order chi connectivity index (χ1) is 5.16. The molecule has 0 aromatic rings. The molecule has 11 heavy (non-hydrogen) atoms. The fraction of sp³-hybridized carbons (Fsp3) is 0.857. The zero-order chi connectivity index (χ0) is 8.69. The van der Waals surface area contributed by atoms with Crippen molar-refractivity contribution in [3.05, 3.63) is 0 Å². The highest BCUT2D eigenvalue weighted by Gasteiger charge is 1.93. The lowest BCUT2D eigenvalue weighted by Crippen LogP contribution is -2.43. The van der Waals surface area contributed by atoms with Gasteiger partial charge in [0, 0.05) is 20.6 Å². The van der Waals surface area contributed by atoms with Crippen LogP contribution in [0.5, 0.6) is 0 Å². The molecule has 0 unspecified atom stereocenters. The molecule has 0 radical (unpaired) electrons. The van der Waals surface area contributed by atoms with Gasteiger partial charge in [-0.3, -0.25) is 5.43 Å². The van der Waals surface area contributed by atoms with Crippen molar-refractivity contribution in [2.45, 2.75) is 19.8 Å². The van der Waals surface area contributed by atoms with E-state index in [4.69, 9.17) is 12.2 Å². The topological polar surface area (TPSA) is 27.3 Å². The maximum Gasteiger partial charge on any atom is 0.180 e. The summed E-state index contributed by atoms with van der Waals surface area (Å²) in [6.45, 7) is 3.11. The van der Waals surface area contributed by atoms with Crippen LogP contribution in [0.3, 0.4) is 0 Å². The number of thiocarbonyl (C=S) groups is 1. The molecular formula is C7H17N3S. The fourth-order valence-corrected chi connectivity index (χ4v) is 0.906. The SMILES string of the molecule is CCCCNC(=S)NN(C)C. The van der Waals surface area contributed by atoms with E-state index in [1.54, 1.807) is 0 Å². The predicted molar refractivity (Wildman–Crippen MR) is 52.3 cm³/mol. The summed E-state index contributed by atoms with van der Waals surface area (Å²) in [7, 11) is 3.82. The number of unbranched alkanes of at least 4 members (excludes halogenated alkanes) is 1. The second kappa shape index (κ2) is 6.37.